The molecule has 0 aromatic heterocycles. The minimum atomic E-state index is -1.63. The number of amides is 13. The highest BCUT2D eigenvalue weighted by molar-refractivity contribution is 6.00. The summed E-state index contributed by atoms with van der Waals surface area (Å²) in [7, 11) is 0. The van der Waals surface area contributed by atoms with Crippen molar-refractivity contribution in [2.75, 3.05) is 72.0 Å². The molecule has 656 valence electrons. The summed E-state index contributed by atoms with van der Waals surface area (Å²) in [6.07, 6.45) is -1.21. The Bertz CT molecular complexity index is 3570. The lowest BCUT2D eigenvalue weighted by Gasteiger charge is -2.31. The minimum Gasteiger partial charge on any atom is -0.508 e. The van der Waals surface area contributed by atoms with E-state index < -0.39 is 175 Å². The van der Waals surface area contributed by atoms with Gasteiger partial charge in [0.1, 0.15) is 72.2 Å². The molecule has 0 aliphatic carbocycles. The fourth-order valence-corrected chi connectivity index (χ4v) is 11.6. The molecule has 1 aromatic carbocycles. The number of rotatable bonds is 57. The summed E-state index contributed by atoms with van der Waals surface area (Å²) in [4.78, 5) is 215. The first-order valence-electron chi connectivity index (χ1n) is 38.3. The van der Waals surface area contributed by atoms with Crippen molar-refractivity contribution in [1.29, 1.82) is 0 Å². The smallest absolute Gasteiger partial charge is 0.326 e. The Labute approximate surface area is 676 Å². The number of aliphatic carboxylic acids is 1. The van der Waals surface area contributed by atoms with Crippen LogP contribution in [0.5, 0.6) is 5.75 Å². The Hall–Kier alpha value is -12.2. The second kappa shape index (κ2) is 55.3. The van der Waals surface area contributed by atoms with Crippen molar-refractivity contribution in [3.05, 3.63) is 29.8 Å². The number of nitrogens with zero attached hydrogens (tertiary/aromatic N) is 6. The van der Waals surface area contributed by atoms with Gasteiger partial charge in [0.05, 0.1) is 25.7 Å². The molecule has 12 atom stereocenters. The SMILES string of the molecule is C[C@H](NC(=O)[C@H](CCCN=C(N)N)NC(=O)[C@@H]1CCCN1C(=O)[C@@H](NC(=O)CNC(=O)CNC(=O)CN)[C@@H](C)O)C(=O)N[C@@H](CCCN=C(N)N)C(=O)N[C@@H](CCCN=C(N)N)C(=O)N[C@@H](CCCN=C(N)N)C(=O)N[C@@H](CCCCN)C(=O)N[C@@H](CCCCN)C(=O)N[C@@H](CCCN=C(N)N)C(=O)N[C@@H](Cc1ccc(O)cc1)C(=O)O. The maximum Gasteiger partial charge on any atom is 0.326 e. The normalized spacial score (nSPS) is 15.0. The van der Waals surface area contributed by atoms with Crippen LogP contribution in [0.15, 0.2) is 49.2 Å². The van der Waals surface area contributed by atoms with Crippen LogP contribution in [-0.4, -0.2) is 277 Å². The number of carbonyl (C=O) groups excluding carboxylic acids is 13. The number of phenolic OH excluding ortho intramolecular Hbond substituents is 1. The number of benzene rings is 1. The van der Waals surface area contributed by atoms with E-state index in [4.69, 9.17) is 74.5 Å². The van der Waals surface area contributed by atoms with Crippen molar-refractivity contribution < 1.29 is 82.4 Å². The third kappa shape index (κ3) is 41.6. The topological polar surface area (TPSA) is 847 Å². The number of likely N-dealkylation sites (tertiary alicyclic amines) is 1. The van der Waals surface area contributed by atoms with Gasteiger partial charge in [-0.05, 0) is 160 Å². The highest BCUT2D eigenvalue weighted by Crippen LogP contribution is 2.21. The molecule has 48 heteroatoms. The molecule has 41 N–H and O–H groups in total. The van der Waals surface area contributed by atoms with Crippen molar-refractivity contribution in [2.45, 2.75) is 208 Å². The summed E-state index contributed by atoms with van der Waals surface area (Å²) in [5.41, 5.74) is 73.2. The average Bonchev–Trinajstić information content (AvgIpc) is 1.72. The number of hydrogen-bond donors (Lipinski definition) is 28. The van der Waals surface area contributed by atoms with Gasteiger partial charge in [0.25, 0.3) is 0 Å². The second-order valence-electron chi connectivity index (χ2n) is 27.5. The molecule has 117 heavy (non-hydrogen) atoms. The number of nitrogens with one attached hydrogen (secondary N) is 12. The highest BCUT2D eigenvalue weighted by Gasteiger charge is 2.42. The third-order valence-electron chi connectivity index (χ3n) is 17.8. The van der Waals surface area contributed by atoms with E-state index in [0.717, 1.165) is 4.90 Å². The van der Waals surface area contributed by atoms with Gasteiger partial charge in [0.15, 0.2) is 29.8 Å². The molecular weight excluding hydrogens is 1530 g/mol. The number of unbranched alkanes of at least 4 members (excludes halogenated alkanes) is 2. The van der Waals surface area contributed by atoms with Crippen molar-refractivity contribution in [1.82, 2.24) is 68.7 Å². The number of carboxylic acid groups (broad SMARTS) is 1. The predicted molar refractivity (Wildman–Crippen MR) is 431 cm³/mol. The van der Waals surface area contributed by atoms with Crippen LogP contribution in [0.4, 0.5) is 0 Å². The fraction of sp³-hybridized carbons (Fsp3) is 0.638. The monoisotopic (exact) mass is 1660 g/mol. The number of nitrogens with two attached hydrogens (primary N) is 13. The molecule has 1 aliphatic rings. The van der Waals surface area contributed by atoms with Gasteiger partial charge in [-0.1, -0.05) is 12.1 Å². The van der Waals surface area contributed by atoms with Crippen LogP contribution < -0.4 is 138 Å². The maximum atomic E-state index is 14.9. The van der Waals surface area contributed by atoms with Gasteiger partial charge < -0.3 is 159 Å². The van der Waals surface area contributed by atoms with E-state index in [9.17, 15) is 82.4 Å². The van der Waals surface area contributed by atoms with Gasteiger partial charge in [-0.25, -0.2) is 4.79 Å². The van der Waals surface area contributed by atoms with Gasteiger partial charge in [-0.2, -0.15) is 0 Å². The number of aliphatic hydroxyl groups excluding tert-OH is 1. The number of carbonyl (C=O) groups is 14. The molecular formula is C69H123N31O17. The molecule has 1 aromatic rings. The molecule has 1 saturated heterocycles. The average molecular weight is 1660 g/mol. The van der Waals surface area contributed by atoms with E-state index >= 15 is 0 Å². The van der Waals surface area contributed by atoms with Crippen molar-refractivity contribution >= 4 is 113 Å². The van der Waals surface area contributed by atoms with E-state index in [0.29, 0.717) is 18.4 Å². The van der Waals surface area contributed by atoms with Crippen molar-refractivity contribution in [3.63, 3.8) is 0 Å². The fourth-order valence-electron chi connectivity index (χ4n) is 11.6. The standard InChI is InChI=1S/C69H123N31O17/c1-37(90-55(107)43(15-7-27-83-65(73)74)97-62(114)49-20-12-32-100(49)63(115)53(38(2)101)99-52(105)36-89-51(104)35-88-50(103)34-72)54(106)91-44(16-8-28-84-66(75)76)58(110)94-46(18-10-30-86-68(79)80)60(112)95-45(17-9-29-85-67(77)78)59(111)93-41(13-3-5-25-70)56(108)92-42(14-4-6-26-71)57(109)96-47(19-11-31-87-69(81)82)61(113)98-48(64(116)117)33-39-21-23-40(102)24-22-39/h21-24,37-38,41-49,53,101-102H,3-20,25-36,70-72H2,1-2H3,(H,88,103)(H,89,104)(H,90,107)(H,91,106)(H,92,108)(H,93,111)(H,94,110)(H,95,112)(H,96,109)(H,97,114)(H,98,113)(H,99,105)(H,116,117)(H4,73,74,83)(H4,75,76,84)(H4,77,78,85)(H4,79,80,86)(H4,81,82,87)/t37-,38+,41-,42-,43-,44-,45-,46-,47-,48-,49-,53-/m0/s1. The van der Waals surface area contributed by atoms with Gasteiger partial charge in [-0.3, -0.25) is 87.3 Å². The largest absolute Gasteiger partial charge is 0.508 e. The quantitative estimate of drug-likeness (QED) is 0.0164. The highest BCUT2D eigenvalue weighted by atomic mass is 16.4. The molecule has 0 bridgehead atoms. The van der Waals surface area contributed by atoms with Crippen LogP contribution >= 0.6 is 0 Å². The van der Waals surface area contributed by atoms with Gasteiger partial charge in [-0.15, -0.1) is 0 Å². The van der Waals surface area contributed by atoms with Crippen LogP contribution in [0.1, 0.15) is 135 Å². The zero-order valence-corrected chi connectivity index (χ0v) is 66.2. The molecule has 0 saturated carbocycles. The lowest BCUT2D eigenvalue weighted by molar-refractivity contribution is -0.144. The Morgan fingerprint density at radius 2 is 0.744 bits per heavy atom. The van der Waals surface area contributed by atoms with E-state index in [2.05, 4.69) is 88.8 Å². The second-order valence-corrected chi connectivity index (χ2v) is 27.5. The summed E-state index contributed by atoms with van der Waals surface area (Å²) in [5.74, 6) is -14.6. The number of aromatic hydroxyl groups is 1. The molecule has 2 rings (SSSR count). The zero-order chi connectivity index (χ0) is 87.7. The van der Waals surface area contributed by atoms with E-state index in [1.54, 1.807) is 0 Å². The van der Waals surface area contributed by atoms with Gasteiger partial charge in [0, 0.05) is 45.7 Å². The van der Waals surface area contributed by atoms with Crippen LogP contribution in [-0.2, 0) is 73.5 Å². The van der Waals surface area contributed by atoms with E-state index in [1.807, 2.05) is 0 Å². The van der Waals surface area contributed by atoms with Crippen molar-refractivity contribution in [2.24, 2.45) is 99.5 Å². The van der Waals surface area contributed by atoms with Crippen LogP contribution in [0.25, 0.3) is 0 Å². The number of guanidine groups is 5. The summed E-state index contributed by atoms with van der Waals surface area (Å²) < 4.78 is 0. The molecule has 48 nitrogen and oxygen atoms in total. The van der Waals surface area contributed by atoms with Crippen LogP contribution in [0.2, 0.25) is 0 Å². The first-order chi connectivity index (χ1) is 55.4. The zero-order valence-electron chi connectivity index (χ0n) is 66.2. The lowest BCUT2D eigenvalue weighted by Crippen LogP contribution is -2.60. The summed E-state index contributed by atoms with van der Waals surface area (Å²) in [5, 5.41) is 60.9. The Balaban J connectivity index is 2.61. The predicted octanol–water partition coefficient (Wildman–Crippen LogP) is -12.0. The Morgan fingerprint density at radius 3 is 1.09 bits per heavy atom. The first-order valence-corrected chi connectivity index (χ1v) is 38.3. The van der Waals surface area contributed by atoms with Gasteiger partial charge in [0.2, 0.25) is 76.8 Å². The summed E-state index contributed by atoms with van der Waals surface area (Å²) in [6.45, 7) is 0.878. The number of phenols is 1. The summed E-state index contributed by atoms with van der Waals surface area (Å²) >= 11 is 0. The Morgan fingerprint density at radius 1 is 0.419 bits per heavy atom. The maximum absolute atomic E-state index is 14.9. The molecule has 0 spiro atoms. The number of carboxylic acids is 1. The molecule has 0 radical (unpaired) electrons. The number of hydrogen-bond acceptors (Lipinski definition) is 24. The molecule has 1 fully saturated rings. The van der Waals surface area contributed by atoms with E-state index in [-0.39, 0.29) is 197 Å². The van der Waals surface area contributed by atoms with Crippen LogP contribution in [0, 0.1) is 0 Å². The van der Waals surface area contributed by atoms with Crippen LogP contribution in [0.3, 0.4) is 0 Å². The minimum absolute atomic E-state index is 0.00150. The molecule has 13 amide bonds. The molecule has 1 heterocycles. The van der Waals surface area contributed by atoms with Gasteiger partial charge >= 0.3 is 5.97 Å². The Kier molecular flexibility index (Phi) is 47.7. The first kappa shape index (κ1) is 101. The van der Waals surface area contributed by atoms with Crippen molar-refractivity contribution in [3.8, 4) is 5.75 Å². The lowest BCUT2D eigenvalue weighted by atomic mass is 10.0. The number of aliphatic imine (C=N–C) groups is 5. The molecule has 1 aliphatic heterocycles. The van der Waals surface area contributed by atoms with E-state index in [1.165, 1.54) is 38.1 Å². The molecule has 0 unspecified atom stereocenters. The summed E-state index contributed by atoms with van der Waals surface area (Å²) in [6, 6.07) is -10.8. The third-order valence-corrected chi connectivity index (χ3v) is 17.8. The number of aliphatic hydroxyl groups is 1.